The van der Waals surface area contributed by atoms with Crippen molar-refractivity contribution in [2.45, 2.75) is 50.9 Å². The van der Waals surface area contributed by atoms with Crippen LogP contribution in [0, 0.1) is 12.7 Å². The molecular formula is C35H33ClFN7O3. The number of rotatable bonds is 5. The van der Waals surface area contributed by atoms with Crippen LogP contribution in [0.5, 0.6) is 0 Å². The van der Waals surface area contributed by atoms with Crippen molar-refractivity contribution in [3.8, 4) is 22.6 Å². The predicted molar refractivity (Wildman–Crippen MR) is 177 cm³/mol. The molecule has 3 aliphatic heterocycles. The minimum atomic E-state index is -0.596. The fourth-order valence-electron chi connectivity index (χ4n) is 7.70. The van der Waals surface area contributed by atoms with Crippen molar-refractivity contribution in [2.75, 3.05) is 27.2 Å². The van der Waals surface area contributed by atoms with E-state index in [-0.39, 0.29) is 47.0 Å². The van der Waals surface area contributed by atoms with E-state index in [2.05, 4.69) is 37.7 Å². The molecular weight excluding hydrogens is 621 g/mol. The number of carbonyl (C=O) groups excluding carboxylic acids is 2. The van der Waals surface area contributed by atoms with Gasteiger partial charge in [0, 0.05) is 60.4 Å². The summed E-state index contributed by atoms with van der Waals surface area (Å²) in [6.45, 7) is 5.62. The average Bonchev–Trinajstić information content (AvgIpc) is 3.40. The Bertz CT molecular complexity index is 2130. The van der Waals surface area contributed by atoms with Gasteiger partial charge in [0.15, 0.2) is 5.82 Å². The van der Waals surface area contributed by atoms with Gasteiger partial charge in [0.1, 0.15) is 16.9 Å². The Kier molecular flexibility index (Phi) is 6.96. The molecule has 12 heteroatoms. The summed E-state index contributed by atoms with van der Waals surface area (Å²) in [7, 11) is 2.95. The second kappa shape index (κ2) is 11.0. The van der Waals surface area contributed by atoms with Crippen LogP contribution in [-0.4, -0.2) is 80.6 Å². The number of nitrogens with zero attached hydrogens (tertiary/aromatic N) is 6. The van der Waals surface area contributed by atoms with E-state index >= 15 is 4.39 Å². The summed E-state index contributed by atoms with van der Waals surface area (Å²) in [6.07, 6.45) is 2.89. The third-order valence-corrected chi connectivity index (χ3v) is 10.6. The molecule has 5 atom stereocenters. The summed E-state index contributed by atoms with van der Waals surface area (Å²) in [5.41, 5.74) is 4.32. The van der Waals surface area contributed by atoms with Crippen LogP contribution in [0.15, 0.2) is 48.7 Å². The molecule has 0 spiro atoms. The van der Waals surface area contributed by atoms with E-state index in [1.165, 1.54) is 7.11 Å². The third kappa shape index (κ3) is 4.43. The molecule has 0 saturated carbocycles. The van der Waals surface area contributed by atoms with Crippen LogP contribution in [0.2, 0.25) is 5.02 Å². The van der Waals surface area contributed by atoms with Gasteiger partial charge < -0.3 is 14.6 Å². The SMILES string of the molecule is CNC(=O)c1cccc(-c2nc3c(F)c(-c4cccc(C)c4Cl)ncc3c3c2cc([C@H]2CCCN2C(=O)OC)n3[C@@H]2[C@@H](C)N3C[C@H]23)n1. The first-order valence-electron chi connectivity index (χ1n) is 15.8. The maximum absolute atomic E-state index is 16.9. The molecule has 47 heavy (non-hydrogen) atoms. The molecule has 10 nitrogen and oxygen atoms in total. The molecule has 7 heterocycles. The monoisotopic (exact) mass is 653 g/mol. The van der Waals surface area contributed by atoms with E-state index in [1.54, 1.807) is 42.4 Å². The zero-order valence-electron chi connectivity index (χ0n) is 26.4. The maximum atomic E-state index is 16.9. The molecule has 3 saturated heterocycles. The Morgan fingerprint density at radius 2 is 1.91 bits per heavy atom. The normalized spacial score (nSPS) is 23.1. The largest absolute Gasteiger partial charge is 0.453 e. The van der Waals surface area contributed by atoms with E-state index in [9.17, 15) is 9.59 Å². The first kappa shape index (κ1) is 29.8. The molecule has 2 amide bonds. The Balaban J connectivity index is 1.47. The number of aromatic nitrogens is 4. The number of aryl methyl sites for hydroxylation is 1. The van der Waals surface area contributed by atoms with E-state index in [0.717, 1.165) is 41.5 Å². The number of pyridine rings is 3. The minimum absolute atomic E-state index is 0.0974. The minimum Gasteiger partial charge on any atom is -0.453 e. The van der Waals surface area contributed by atoms with E-state index in [0.29, 0.717) is 39.9 Å². The number of methoxy groups -OCH3 is 1. The molecule has 1 unspecified atom stereocenters. The summed E-state index contributed by atoms with van der Waals surface area (Å²) < 4.78 is 24.4. The fraction of sp³-hybridized carbons (Fsp3) is 0.343. The van der Waals surface area contributed by atoms with Crippen LogP contribution in [0.1, 0.15) is 53.6 Å². The summed E-state index contributed by atoms with van der Waals surface area (Å²) in [6, 6.07) is 13.1. The van der Waals surface area contributed by atoms with Crippen molar-refractivity contribution in [3.05, 3.63) is 76.5 Å². The quantitative estimate of drug-likeness (QED) is 0.222. The van der Waals surface area contributed by atoms with E-state index in [1.807, 2.05) is 19.1 Å². The fourth-order valence-corrected chi connectivity index (χ4v) is 7.92. The van der Waals surface area contributed by atoms with Crippen molar-refractivity contribution in [1.82, 2.24) is 34.6 Å². The molecule has 1 N–H and O–H groups in total. The first-order valence-corrected chi connectivity index (χ1v) is 16.2. The Morgan fingerprint density at radius 3 is 2.66 bits per heavy atom. The summed E-state index contributed by atoms with van der Waals surface area (Å²) in [5.74, 6) is -0.938. The van der Waals surface area contributed by atoms with Gasteiger partial charge in [-0.3, -0.25) is 19.6 Å². The molecule has 4 aromatic heterocycles. The number of amides is 2. The molecule has 5 aromatic rings. The predicted octanol–water partition coefficient (Wildman–Crippen LogP) is 6.30. The summed E-state index contributed by atoms with van der Waals surface area (Å²) >= 11 is 6.66. The van der Waals surface area contributed by atoms with Crippen LogP contribution in [0.3, 0.4) is 0 Å². The second-order valence-corrected chi connectivity index (χ2v) is 13.0. The third-order valence-electron chi connectivity index (χ3n) is 10.1. The first-order chi connectivity index (χ1) is 22.7. The van der Waals surface area contributed by atoms with Gasteiger partial charge in [-0.1, -0.05) is 35.9 Å². The highest BCUT2D eigenvalue weighted by Crippen LogP contribution is 2.52. The van der Waals surface area contributed by atoms with Crippen LogP contribution in [0.4, 0.5) is 9.18 Å². The van der Waals surface area contributed by atoms with E-state index < -0.39 is 5.82 Å². The average molecular weight is 654 g/mol. The highest BCUT2D eigenvalue weighted by Gasteiger charge is 2.59. The zero-order chi connectivity index (χ0) is 32.7. The van der Waals surface area contributed by atoms with Crippen LogP contribution in [-0.2, 0) is 4.74 Å². The molecule has 3 fully saturated rings. The zero-order valence-corrected chi connectivity index (χ0v) is 27.2. The smallest absolute Gasteiger partial charge is 0.410 e. The topological polar surface area (TPSA) is 105 Å². The number of nitrogens with one attached hydrogen (secondary N) is 1. The Morgan fingerprint density at radius 1 is 1.11 bits per heavy atom. The molecule has 0 radical (unpaired) electrons. The van der Waals surface area contributed by atoms with Crippen LogP contribution in [0.25, 0.3) is 44.5 Å². The Hall–Kier alpha value is -4.61. The van der Waals surface area contributed by atoms with Gasteiger partial charge in [0.2, 0.25) is 0 Å². The lowest BCUT2D eigenvalue weighted by Crippen LogP contribution is -2.44. The van der Waals surface area contributed by atoms with Gasteiger partial charge in [-0.15, -0.1) is 0 Å². The maximum Gasteiger partial charge on any atom is 0.410 e. The van der Waals surface area contributed by atoms with Crippen molar-refractivity contribution >= 4 is 45.4 Å². The lowest BCUT2D eigenvalue weighted by atomic mass is 9.98. The van der Waals surface area contributed by atoms with Gasteiger partial charge in [-0.2, -0.15) is 0 Å². The number of halogens is 2. The molecule has 8 rings (SSSR count). The standard InChI is InChI=1S/C35H33ClFN7O3/c1-17-8-5-9-19(27(17)36)30-28(37)31-21(15-39-30)33-20(29(41-31)22-10-6-11-23(40-22)34(45)38-3)14-25(24-12-7-13-42(24)35(46)47-4)44(33)32-18(2)43-16-26(32)43/h5-6,8-11,14-15,18,24,26,32H,7,12-13,16H2,1-4H3,(H,38,45)/t18-,24-,26-,32-,43?/m1/s1. The number of likely N-dealkylation sites (tertiary alicyclic amines) is 1. The van der Waals surface area contributed by atoms with Crippen molar-refractivity contribution in [3.63, 3.8) is 0 Å². The lowest BCUT2D eigenvalue weighted by Gasteiger charge is -2.39. The van der Waals surface area contributed by atoms with Crippen LogP contribution < -0.4 is 5.32 Å². The van der Waals surface area contributed by atoms with Crippen LogP contribution >= 0.6 is 11.6 Å². The van der Waals surface area contributed by atoms with Gasteiger partial charge in [0.05, 0.1) is 41.1 Å². The molecule has 3 aliphatic rings. The highest BCUT2D eigenvalue weighted by molar-refractivity contribution is 6.34. The summed E-state index contributed by atoms with van der Waals surface area (Å²) in [5, 5.41) is 4.35. The molecule has 1 aromatic carbocycles. The van der Waals surface area contributed by atoms with E-state index in [4.69, 9.17) is 21.3 Å². The van der Waals surface area contributed by atoms with Crippen molar-refractivity contribution in [2.24, 2.45) is 0 Å². The number of carbonyl (C=O) groups is 2. The van der Waals surface area contributed by atoms with Gasteiger partial charge in [-0.05, 0) is 50.5 Å². The van der Waals surface area contributed by atoms with Gasteiger partial charge >= 0.3 is 6.09 Å². The number of hydrogen-bond donors (Lipinski definition) is 1. The lowest BCUT2D eigenvalue weighted by molar-refractivity contribution is 0.0958. The molecule has 0 bridgehead atoms. The van der Waals surface area contributed by atoms with Gasteiger partial charge in [0.25, 0.3) is 5.91 Å². The second-order valence-electron chi connectivity index (χ2n) is 12.6. The number of ether oxygens (including phenoxy) is 1. The molecule has 0 aliphatic carbocycles. The number of benzene rings is 1. The number of fused-ring (bicyclic) bond motifs is 4. The highest BCUT2D eigenvalue weighted by atomic mass is 35.5. The Labute approximate surface area is 275 Å². The summed E-state index contributed by atoms with van der Waals surface area (Å²) in [4.78, 5) is 44.1. The van der Waals surface area contributed by atoms with Gasteiger partial charge in [-0.25, -0.2) is 19.2 Å². The van der Waals surface area contributed by atoms with Crippen molar-refractivity contribution in [1.29, 1.82) is 0 Å². The molecule has 240 valence electrons. The number of hydrogen-bond acceptors (Lipinski definition) is 7. The van der Waals surface area contributed by atoms with Crippen molar-refractivity contribution < 1.29 is 18.7 Å².